The highest BCUT2D eigenvalue weighted by Crippen LogP contribution is 2.33. The number of hydrogen-bond donors (Lipinski definition) is 2. The Morgan fingerprint density at radius 2 is 1.73 bits per heavy atom. The van der Waals surface area contributed by atoms with Gasteiger partial charge in [0, 0.05) is 23.0 Å². The summed E-state index contributed by atoms with van der Waals surface area (Å²) in [5.41, 5.74) is -0.483. The van der Waals surface area contributed by atoms with Crippen LogP contribution in [-0.2, 0) is 0 Å². The monoisotopic (exact) mass is 365 g/mol. The van der Waals surface area contributed by atoms with Crippen molar-refractivity contribution in [2.24, 2.45) is 0 Å². The number of fused-ring (bicyclic) bond motifs is 1. The van der Waals surface area contributed by atoms with Crippen molar-refractivity contribution in [3.05, 3.63) is 54.4 Å². The fourth-order valence-corrected chi connectivity index (χ4v) is 2.28. The van der Waals surface area contributed by atoms with E-state index in [0.29, 0.717) is 5.39 Å². The second-order valence-electron chi connectivity index (χ2n) is 5.13. The van der Waals surface area contributed by atoms with E-state index in [1.165, 1.54) is 36.5 Å². The van der Waals surface area contributed by atoms with Gasteiger partial charge in [-0.25, -0.2) is 9.78 Å². The Balaban J connectivity index is 1.89. The molecule has 3 rings (SSSR count). The Labute approximate surface area is 144 Å². The molecule has 0 fully saturated rings. The van der Waals surface area contributed by atoms with Crippen LogP contribution in [0, 0.1) is 0 Å². The molecule has 2 N–H and O–H groups in total. The zero-order valence-electron chi connectivity index (χ0n) is 12.8. The number of benzene rings is 2. The minimum Gasteiger partial charge on any atom is -0.505 e. The van der Waals surface area contributed by atoms with E-state index < -0.39 is 29.5 Å². The van der Waals surface area contributed by atoms with E-state index in [9.17, 15) is 23.1 Å². The molecule has 2 aromatic carbocycles. The lowest BCUT2D eigenvalue weighted by Crippen LogP contribution is -2.16. The van der Waals surface area contributed by atoms with Crippen LogP contribution in [-0.4, -0.2) is 27.5 Å². The lowest BCUT2D eigenvalue weighted by atomic mass is 10.1. The first-order valence-electron chi connectivity index (χ1n) is 7.11. The molecule has 1 aromatic heterocycles. The number of pyridine rings is 1. The number of ether oxygens (including phenoxy) is 2. The van der Waals surface area contributed by atoms with Gasteiger partial charge in [0.2, 0.25) is 0 Å². The van der Waals surface area contributed by atoms with Gasteiger partial charge in [0.1, 0.15) is 17.2 Å². The molecule has 9 heteroatoms. The summed E-state index contributed by atoms with van der Waals surface area (Å²) in [6, 6.07) is 9.30. The third-order valence-electron chi connectivity index (χ3n) is 3.31. The first kappa shape index (κ1) is 17.3. The number of aromatic nitrogens is 1. The Kier molecular flexibility index (Phi) is 4.29. The van der Waals surface area contributed by atoms with Crippen LogP contribution in [0.4, 0.5) is 13.2 Å². The van der Waals surface area contributed by atoms with Crippen LogP contribution >= 0.6 is 0 Å². The number of alkyl halides is 3. The number of aromatic hydroxyl groups is 1. The van der Waals surface area contributed by atoms with Gasteiger partial charge in [0.15, 0.2) is 11.4 Å². The molecule has 26 heavy (non-hydrogen) atoms. The predicted molar refractivity (Wildman–Crippen MR) is 83.6 cm³/mol. The zero-order valence-corrected chi connectivity index (χ0v) is 12.8. The Morgan fingerprint density at radius 1 is 1.04 bits per heavy atom. The lowest BCUT2D eigenvalue weighted by molar-refractivity contribution is -0.274. The summed E-state index contributed by atoms with van der Waals surface area (Å²) < 4.78 is 46.1. The molecule has 0 aliphatic rings. The van der Waals surface area contributed by atoms with E-state index in [4.69, 9.17) is 9.84 Å². The summed E-state index contributed by atoms with van der Waals surface area (Å²) in [5, 5.41) is 19.5. The number of aromatic carboxylic acids is 1. The molecule has 0 bridgehead atoms. The number of carbonyl (C=O) groups is 1. The molecule has 1 heterocycles. The normalized spacial score (nSPS) is 11.3. The van der Waals surface area contributed by atoms with Gasteiger partial charge in [-0.15, -0.1) is 13.2 Å². The number of rotatable bonds is 4. The van der Waals surface area contributed by atoms with Crippen LogP contribution in [0.2, 0.25) is 0 Å². The zero-order chi connectivity index (χ0) is 18.9. The van der Waals surface area contributed by atoms with Crippen molar-refractivity contribution in [1.29, 1.82) is 0 Å². The quantitative estimate of drug-likeness (QED) is 0.715. The molecule has 0 saturated carbocycles. The summed E-state index contributed by atoms with van der Waals surface area (Å²) >= 11 is 0. The highest BCUT2D eigenvalue weighted by atomic mass is 19.4. The molecule has 0 amide bonds. The van der Waals surface area contributed by atoms with Gasteiger partial charge < -0.3 is 19.7 Å². The second kappa shape index (κ2) is 6.43. The topological polar surface area (TPSA) is 88.9 Å². The second-order valence-corrected chi connectivity index (χ2v) is 5.13. The molecule has 6 nitrogen and oxygen atoms in total. The van der Waals surface area contributed by atoms with Crippen molar-refractivity contribution in [2.75, 3.05) is 0 Å². The molecular weight excluding hydrogens is 355 g/mol. The Bertz CT molecular complexity index is 988. The van der Waals surface area contributed by atoms with Crippen molar-refractivity contribution in [1.82, 2.24) is 4.98 Å². The number of nitrogens with zero attached hydrogens (tertiary/aromatic N) is 1. The summed E-state index contributed by atoms with van der Waals surface area (Å²) in [6.45, 7) is 0. The Morgan fingerprint density at radius 3 is 2.42 bits per heavy atom. The fraction of sp³-hybridized carbons (Fsp3) is 0.0588. The molecule has 0 aliphatic heterocycles. The average molecular weight is 365 g/mol. The van der Waals surface area contributed by atoms with E-state index in [0.717, 1.165) is 12.1 Å². The lowest BCUT2D eigenvalue weighted by Gasteiger charge is -2.11. The molecule has 0 aliphatic carbocycles. The summed E-state index contributed by atoms with van der Waals surface area (Å²) in [5.74, 6) is -1.93. The van der Waals surface area contributed by atoms with Crippen LogP contribution < -0.4 is 9.47 Å². The van der Waals surface area contributed by atoms with Crippen molar-refractivity contribution in [3.8, 4) is 23.0 Å². The highest BCUT2D eigenvalue weighted by molar-refractivity contribution is 5.98. The van der Waals surface area contributed by atoms with Gasteiger partial charge >= 0.3 is 12.3 Å². The molecule has 0 spiro atoms. The molecule has 0 radical (unpaired) electrons. The van der Waals surface area contributed by atoms with E-state index >= 15 is 0 Å². The molecule has 0 saturated heterocycles. The fourth-order valence-electron chi connectivity index (χ4n) is 2.28. The smallest absolute Gasteiger partial charge is 0.505 e. The molecule has 0 unspecified atom stereocenters. The van der Waals surface area contributed by atoms with Crippen LogP contribution in [0.5, 0.6) is 23.0 Å². The van der Waals surface area contributed by atoms with E-state index in [2.05, 4.69) is 9.72 Å². The standard InChI is InChI=1S/C17H10F3NO5/c18-17(19,20)26-12-3-1-2-10(7-12)25-11-4-5-13-9(6-11)8-21-14(15(13)22)16(23)24/h1-8,22H,(H,23,24). The van der Waals surface area contributed by atoms with Crippen molar-refractivity contribution in [3.63, 3.8) is 0 Å². The van der Waals surface area contributed by atoms with Crippen molar-refractivity contribution >= 4 is 16.7 Å². The summed E-state index contributed by atoms with van der Waals surface area (Å²) in [4.78, 5) is 14.6. The molecule has 134 valence electrons. The largest absolute Gasteiger partial charge is 0.573 e. The molecule has 3 aromatic rings. The third kappa shape index (κ3) is 3.77. The van der Waals surface area contributed by atoms with Crippen LogP contribution in [0.3, 0.4) is 0 Å². The molecule has 0 atom stereocenters. The number of halogens is 3. The number of hydrogen-bond acceptors (Lipinski definition) is 5. The van der Waals surface area contributed by atoms with Crippen molar-refractivity contribution in [2.45, 2.75) is 6.36 Å². The number of carboxylic acids is 1. The number of carboxylic acid groups (broad SMARTS) is 1. The maximum absolute atomic E-state index is 12.3. The van der Waals surface area contributed by atoms with Crippen molar-refractivity contribution < 1.29 is 37.7 Å². The maximum atomic E-state index is 12.3. The minimum atomic E-state index is -4.81. The minimum absolute atomic E-state index is 0.102. The van der Waals surface area contributed by atoms with Crippen LogP contribution in [0.15, 0.2) is 48.7 Å². The van der Waals surface area contributed by atoms with E-state index in [-0.39, 0.29) is 16.9 Å². The highest BCUT2D eigenvalue weighted by Gasteiger charge is 2.31. The predicted octanol–water partition coefficient (Wildman–Crippen LogP) is 4.33. The van der Waals surface area contributed by atoms with Gasteiger partial charge in [-0.05, 0) is 30.3 Å². The third-order valence-corrected chi connectivity index (χ3v) is 3.31. The first-order chi connectivity index (χ1) is 12.2. The van der Waals surface area contributed by atoms with Gasteiger partial charge in [0.05, 0.1) is 0 Å². The maximum Gasteiger partial charge on any atom is 0.573 e. The Hall–Kier alpha value is -3.49. The summed E-state index contributed by atoms with van der Waals surface area (Å²) in [7, 11) is 0. The van der Waals surface area contributed by atoms with E-state index in [1.54, 1.807) is 0 Å². The van der Waals surface area contributed by atoms with Gasteiger partial charge in [-0.3, -0.25) is 0 Å². The molecular formula is C17H10F3NO5. The summed E-state index contributed by atoms with van der Waals surface area (Å²) in [6.07, 6.45) is -3.57. The average Bonchev–Trinajstić information content (AvgIpc) is 2.53. The van der Waals surface area contributed by atoms with Crippen LogP contribution in [0.1, 0.15) is 10.5 Å². The van der Waals surface area contributed by atoms with Gasteiger partial charge in [0.25, 0.3) is 0 Å². The first-order valence-corrected chi connectivity index (χ1v) is 7.11. The van der Waals surface area contributed by atoms with Crippen LogP contribution in [0.25, 0.3) is 10.8 Å². The van der Waals surface area contributed by atoms with Gasteiger partial charge in [-0.2, -0.15) is 0 Å². The SMILES string of the molecule is O=C(O)c1ncc2cc(Oc3cccc(OC(F)(F)F)c3)ccc2c1O. The van der Waals surface area contributed by atoms with Gasteiger partial charge in [-0.1, -0.05) is 6.07 Å². The van der Waals surface area contributed by atoms with E-state index in [1.807, 2.05) is 0 Å².